The van der Waals surface area contributed by atoms with Crippen molar-refractivity contribution < 1.29 is 14.0 Å². The Balaban J connectivity index is 1.37. The lowest BCUT2D eigenvalue weighted by atomic mass is 10.0. The molecule has 1 atom stereocenters. The van der Waals surface area contributed by atoms with Gasteiger partial charge in [-0.05, 0) is 29.3 Å². The molecule has 3 N–H and O–H groups in total. The van der Waals surface area contributed by atoms with Crippen molar-refractivity contribution in [2.24, 2.45) is 0 Å². The highest BCUT2D eigenvalue weighted by Crippen LogP contribution is 2.27. The van der Waals surface area contributed by atoms with Gasteiger partial charge < -0.3 is 5.32 Å². The van der Waals surface area contributed by atoms with Gasteiger partial charge >= 0.3 is 0 Å². The summed E-state index contributed by atoms with van der Waals surface area (Å²) in [6.07, 6.45) is 0.528. The van der Waals surface area contributed by atoms with Gasteiger partial charge in [0.05, 0.1) is 12.5 Å². The molecule has 2 heterocycles. The standard InChI is InChI=1S/C19H16FN5O2/c20-12-7-5-11(6-8-12)9-16-22-19(25-24-16)23-17(26)10-15-13-3-1-2-4-14(13)18(27)21-15/h1-8,15H,9-10H2,(H,21,27)(H2,22,23,24,25,26)/t15-/m1/s1. The number of nitrogens with one attached hydrogen (secondary N) is 3. The number of H-pyrrole nitrogens is 1. The van der Waals surface area contributed by atoms with Crippen LogP contribution in [-0.2, 0) is 11.2 Å². The van der Waals surface area contributed by atoms with E-state index in [-0.39, 0.29) is 36.0 Å². The van der Waals surface area contributed by atoms with Crippen LogP contribution in [0.4, 0.5) is 10.3 Å². The van der Waals surface area contributed by atoms with Gasteiger partial charge in [0.15, 0.2) is 0 Å². The third-order valence-electron chi connectivity index (χ3n) is 4.34. The monoisotopic (exact) mass is 365 g/mol. The lowest BCUT2D eigenvalue weighted by molar-refractivity contribution is -0.116. The molecule has 0 bridgehead atoms. The molecule has 0 fully saturated rings. The van der Waals surface area contributed by atoms with Crippen molar-refractivity contribution >= 4 is 17.8 Å². The lowest BCUT2D eigenvalue weighted by Crippen LogP contribution is -2.24. The minimum absolute atomic E-state index is 0.0879. The highest BCUT2D eigenvalue weighted by Gasteiger charge is 2.29. The number of amides is 2. The number of hydrogen-bond acceptors (Lipinski definition) is 4. The Labute approximate surface area is 154 Å². The summed E-state index contributed by atoms with van der Waals surface area (Å²) in [7, 11) is 0. The summed E-state index contributed by atoms with van der Waals surface area (Å²) >= 11 is 0. The van der Waals surface area contributed by atoms with E-state index in [1.165, 1.54) is 12.1 Å². The van der Waals surface area contributed by atoms with Crippen LogP contribution in [0.3, 0.4) is 0 Å². The molecule has 8 heteroatoms. The van der Waals surface area contributed by atoms with Crippen molar-refractivity contribution in [3.05, 3.63) is 76.9 Å². The van der Waals surface area contributed by atoms with Gasteiger partial charge in [-0.15, -0.1) is 5.10 Å². The van der Waals surface area contributed by atoms with Crippen LogP contribution in [0.1, 0.15) is 39.8 Å². The molecule has 1 aromatic heterocycles. The molecule has 0 spiro atoms. The minimum atomic E-state index is -0.369. The van der Waals surface area contributed by atoms with Crippen molar-refractivity contribution in [1.29, 1.82) is 0 Å². The number of rotatable bonds is 5. The van der Waals surface area contributed by atoms with E-state index >= 15 is 0 Å². The molecule has 7 nitrogen and oxygen atoms in total. The van der Waals surface area contributed by atoms with Crippen LogP contribution in [0.5, 0.6) is 0 Å². The molecule has 0 unspecified atom stereocenters. The van der Waals surface area contributed by atoms with Crippen molar-refractivity contribution in [3.63, 3.8) is 0 Å². The van der Waals surface area contributed by atoms with Crippen molar-refractivity contribution in [1.82, 2.24) is 20.5 Å². The molecule has 1 aliphatic rings. The summed E-state index contributed by atoms with van der Waals surface area (Å²) in [6.45, 7) is 0. The molecule has 27 heavy (non-hydrogen) atoms. The fourth-order valence-corrected chi connectivity index (χ4v) is 3.07. The molecule has 2 aromatic carbocycles. The van der Waals surface area contributed by atoms with Gasteiger partial charge in [0.1, 0.15) is 11.6 Å². The van der Waals surface area contributed by atoms with Gasteiger partial charge in [-0.1, -0.05) is 30.3 Å². The van der Waals surface area contributed by atoms with Crippen molar-refractivity contribution in [2.45, 2.75) is 18.9 Å². The van der Waals surface area contributed by atoms with Crippen molar-refractivity contribution in [2.75, 3.05) is 5.32 Å². The lowest BCUT2D eigenvalue weighted by Gasteiger charge is -2.10. The molecule has 0 saturated carbocycles. The van der Waals surface area contributed by atoms with Gasteiger partial charge in [-0.2, -0.15) is 4.98 Å². The Kier molecular flexibility index (Phi) is 4.37. The summed E-state index contributed by atoms with van der Waals surface area (Å²) in [5, 5.41) is 12.2. The summed E-state index contributed by atoms with van der Waals surface area (Å²) in [6, 6.07) is 12.9. The van der Waals surface area contributed by atoms with Gasteiger partial charge in [0.25, 0.3) is 5.91 Å². The minimum Gasteiger partial charge on any atom is -0.345 e. The number of fused-ring (bicyclic) bond motifs is 1. The van der Waals surface area contributed by atoms with E-state index in [9.17, 15) is 14.0 Å². The number of aromatic nitrogens is 3. The Morgan fingerprint density at radius 1 is 1.15 bits per heavy atom. The molecule has 0 aliphatic carbocycles. The highest BCUT2D eigenvalue weighted by atomic mass is 19.1. The summed E-state index contributed by atoms with van der Waals surface area (Å²) in [5.74, 6) is -0.0665. The van der Waals surface area contributed by atoms with Gasteiger partial charge in [-0.3, -0.25) is 20.0 Å². The topological polar surface area (TPSA) is 99.8 Å². The second-order valence-electron chi connectivity index (χ2n) is 6.27. The first-order valence-electron chi connectivity index (χ1n) is 8.44. The van der Waals surface area contributed by atoms with Crippen LogP contribution < -0.4 is 10.6 Å². The van der Waals surface area contributed by atoms with Crippen LogP contribution in [0.25, 0.3) is 0 Å². The third-order valence-corrected chi connectivity index (χ3v) is 4.34. The molecule has 136 valence electrons. The van der Waals surface area contributed by atoms with E-state index in [1.54, 1.807) is 24.3 Å². The Hall–Kier alpha value is -3.55. The maximum absolute atomic E-state index is 12.9. The van der Waals surface area contributed by atoms with E-state index in [0.29, 0.717) is 17.8 Å². The Bertz CT molecular complexity index is 999. The molecule has 0 radical (unpaired) electrons. The SMILES string of the molecule is O=C(C[C@H]1NC(=O)c2ccccc21)Nc1n[nH]c(Cc2ccc(F)cc2)n1. The van der Waals surface area contributed by atoms with Gasteiger partial charge in [0, 0.05) is 12.0 Å². The number of hydrogen-bond donors (Lipinski definition) is 3. The molecule has 3 aromatic rings. The first-order valence-corrected chi connectivity index (χ1v) is 8.44. The predicted molar refractivity (Wildman–Crippen MR) is 95.5 cm³/mol. The quantitative estimate of drug-likeness (QED) is 0.646. The number of halogens is 1. The van der Waals surface area contributed by atoms with E-state index < -0.39 is 0 Å². The molecular formula is C19H16FN5O2. The third kappa shape index (κ3) is 3.69. The second-order valence-corrected chi connectivity index (χ2v) is 6.27. The number of carbonyl (C=O) groups is 2. The molecule has 0 saturated heterocycles. The fourth-order valence-electron chi connectivity index (χ4n) is 3.07. The van der Waals surface area contributed by atoms with Crippen LogP contribution in [0.2, 0.25) is 0 Å². The van der Waals surface area contributed by atoms with Crippen molar-refractivity contribution in [3.8, 4) is 0 Å². The largest absolute Gasteiger partial charge is 0.345 e. The second kappa shape index (κ2) is 6.99. The average molecular weight is 365 g/mol. The summed E-state index contributed by atoms with van der Waals surface area (Å²) in [4.78, 5) is 28.4. The summed E-state index contributed by atoms with van der Waals surface area (Å²) < 4.78 is 12.9. The summed E-state index contributed by atoms with van der Waals surface area (Å²) in [5.41, 5.74) is 2.27. The van der Waals surface area contributed by atoms with Crippen LogP contribution in [0, 0.1) is 5.82 Å². The Morgan fingerprint density at radius 3 is 2.74 bits per heavy atom. The molecular weight excluding hydrogens is 349 g/mol. The van der Waals surface area contributed by atoms with E-state index in [4.69, 9.17) is 0 Å². The molecule has 4 rings (SSSR count). The number of nitrogens with zero attached hydrogens (tertiary/aromatic N) is 2. The zero-order chi connectivity index (χ0) is 18.8. The zero-order valence-corrected chi connectivity index (χ0v) is 14.2. The Morgan fingerprint density at radius 2 is 1.93 bits per heavy atom. The fraction of sp³-hybridized carbons (Fsp3) is 0.158. The van der Waals surface area contributed by atoms with Crippen LogP contribution >= 0.6 is 0 Å². The first kappa shape index (κ1) is 16.9. The van der Waals surface area contributed by atoms with Gasteiger partial charge in [0.2, 0.25) is 11.9 Å². The normalized spacial score (nSPS) is 15.3. The number of benzene rings is 2. The predicted octanol–water partition coefficient (Wildman–Crippen LogP) is 2.35. The zero-order valence-electron chi connectivity index (χ0n) is 14.2. The number of aromatic amines is 1. The number of anilines is 1. The van der Waals surface area contributed by atoms with E-state index in [0.717, 1.165) is 11.1 Å². The van der Waals surface area contributed by atoms with Crippen LogP contribution in [0.15, 0.2) is 48.5 Å². The van der Waals surface area contributed by atoms with Gasteiger partial charge in [-0.25, -0.2) is 4.39 Å². The van der Waals surface area contributed by atoms with E-state index in [1.807, 2.05) is 12.1 Å². The first-order chi connectivity index (χ1) is 13.1. The highest BCUT2D eigenvalue weighted by molar-refractivity contribution is 6.00. The smallest absolute Gasteiger partial charge is 0.252 e. The van der Waals surface area contributed by atoms with E-state index in [2.05, 4.69) is 25.8 Å². The molecule has 2 amide bonds. The van der Waals surface area contributed by atoms with Crippen LogP contribution in [-0.4, -0.2) is 27.0 Å². The average Bonchev–Trinajstić information content (AvgIpc) is 3.22. The number of carbonyl (C=O) groups excluding carboxylic acids is 2. The molecule has 1 aliphatic heterocycles. The maximum Gasteiger partial charge on any atom is 0.252 e. The maximum atomic E-state index is 12.9.